The predicted octanol–water partition coefficient (Wildman–Crippen LogP) is 6.76. The van der Waals surface area contributed by atoms with Crippen LogP contribution >= 0.6 is 0 Å². The van der Waals surface area contributed by atoms with E-state index in [1.54, 1.807) is 0 Å². The Labute approximate surface area is 148 Å². The molecule has 2 rings (SSSR count). The van der Waals surface area contributed by atoms with Crippen LogP contribution in [0.5, 0.6) is 0 Å². The van der Waals surface area contributed by atoms with Crippen LogP contribution in [0.1, 0.15) is 76.5 Å². The minimum absolute atomic E-state index is 0.417. The SMILES string of the molecule is CCCc1cc(CCC(C)(C)CC)ccc1C1=CCCC=CC1=N. The third-order valence-corrected chi connectivity index (χ3v) is 5.28. The van der Waals surface area contributed by atoms with Gasteiger partial charge in [-0.1, -0.05) is 70.9 Å². The minimum Gasteiger partial charge on any atom is -0.300 e. The van der Waals surface area contributed by atoms with Crippen LogP contribution in [0.25, 0.3) is 5.57 Å². The van der Waals surface area contributed by atoms with Gasteiger partial charge in [0, 0.05) is 5.57 Å². The van der Waals surface area contributed by atoms with E-state index in [4.69, 9.17) is 5.41 Å². The molecule has 0 bridgehead atoms. The topological polar surface area (TPSA) is 23.9 Å². The van der Waals surface area contributed by atoms with Gasteiger partial charge in [0.2, 0.25) is 0 Å². The molecule has 0 saturated heterocycles. The first kappa shape index (κ1) is 18.7. The quantitative estimate of drug-likeness (QED) is 0.573. The largest absolute Gasteiger partial charge is 0.300 e. The van der Waals surface area contributed by atoms with Gasteiger partial charge in [0.1, 0.15) is 0 Å². The highest BCUT2D eigenvalue weighted by Gasteiger charge is 2.16. The molecule has 1 aliphatic carbocycles. The average molecular weight is 324 g/mol. The molecule has 1 aromatic rings. The van der Waals surface area contributed by atoms with Crippen molar-refractivity contribution in [3.05, 3.63) is 53.1 Å². The van der Waals surface area contributed by atoms with E-state index in [0.717, 1.165) is 37.7 Å². The van der Waals surface area contributed by atoms with Crippen molar-refractivity contribution in [3.63, 3.8) is 0 Å². The lowest BCUT2D eigenvalue weighted by Crippen LogP contribution is -2.11. The molecule has 0 radical (unpaired) electrons. The Balaban J connectivity index is 2.28. The van der Waals surface area contributed by atoms with Crippen molar-refractivity contribution in [2.45, 2.75) is 72.6 Å². The van der Waals surface area contributed by atoms with E-state index in [1.165, 1.54) is 29.5 Å². The van der Waals surface area contributed by atoms with Gasteiger partial charge in [-0.05, 0) is 60.3 Å². The zero-order valence-electron chi connectivity index (χ0n) is 15.9. The number of hydrogen-bond acceptors (Lipinski definition) is 1. The molecular formula is C23H33N. The number of allylic oxidation sites excluding steroid dienone is 4. The molecule has 0 atom stereocenters. The molecule has 0 amide bonds. The molecule has 0 fully saturated rings. The van der Waals surface area contributed by atoms with Crippen LogP contribution in [0.15, 0.2) is 36.4 Å². The Morgan fingerprint density at radius 2 is 1.88 bits per heavy atom. The van der Waals surface area contributed by atoms with Crippen LogP contribution in [-0.4, -0.2) is 5.71 Å². The molecule has 1 heteroatoms. The fraction of sp³-hybridized carbons (Fsp3) is 0.522. The summed E-state index contributed by atoms with van der Waals surface area (Å²) in [6.45, 7) is 9.24. The number of benzene rings is 1. The molecule has 0 saturated carbocycles. The summed E-state index contributed by atoms with van der Waals surface area (Å²) in [5.41, 5.74) is 6.32. The summed E-state index contributed by atoms with van der Waals surface area (Å²) >= 11 is 0. The lowest BCUT2D eigenvalue weighted by molar-refractivity contribution is 0.322. The summed E-state index contributed by atoms with van der Waals surface area (Å²) in [6, 6.07) is 6.94. The second-order valence-corrected chi connectivity index (χ2v) is 7.77. The summed E-state index contributed by atoms with van der Waals surface area (Å²) in [6.07, 6.45) is 14.2. The molecule has 1 nitrogen and oxygen atoms in total. The summed E-state index contributed by atoms with van der Waals surface area (Å²) in [5, 5.41) is 8.34. The smallest absolute Gasteiger partial charge is 0.0611 e. The van der Waals surface area contributed by atoms with Crippen LogP contribution in [-0.2, 0) is 12.8 Å². The van der Waals surface area contributed by atoms with E-state index >= 15 is 0 Å². The zero-order chi connectivity index (χ0) is 17.6. The Kier molecular flexibility index (Phi) is 6.60. The van der Waals surface area contributed by atoms with Crippen LogP contribution in [0.2, 0.25) is 0 Å². The van der Waals surface area contributed by atoms with Gasteiger partial charge in [0.05, 0.1) is 5.71 Å². The maximum atomic E-state index is 8.34. The molecule has 1 N–H and O–H groups in total. The van der Waals surface area contributed by atoms with Gasteiger partial charge < -0.3 is 5.41 Å². The van der Waals surface area contributed by atoms with Crippen molar-refractivity contribution in [1.29, 1.82) is 5.41 Å². The fourth-order valence-corrected chi connectivity index (χ4v) is 3.18. The number of rotatable bonds is 7. The van der Waals surface area contributed by atoms with Gasteiger partial charge in [0.15, 0.2) is 0 Å². The lowest BCUT2D eigenvalue weighted by Gasteiger charge is -2.23. The summed E-state index contributed by atoms with van der Waals surface area (Å²) in [5.74, 6) is 0. The molecular weight excluding hydrogens is 290 g/mol. The highest BCUT2D eigenvalue weighted by molar-refractivity contribution is 6.28. The molecule has 24 heavy (non-hydrogen) atoms. The Bertz CT molecular complexity index is 631. The third-order valence-electron chi connectivity index (χ3n) is 5.28. The molecule has 130 valence electrons. The molecule has 0 heterocycles. The van der Waals surface area contributed by atoms with Crippen molar-refractivity contribution < 1.29 is 0 Å². The molecule has 0 unspecified atom stereocenters. The first-order valence-corrected chi connectivity index (χ1v) is 9.54. The van der Waals surface area contributed by atoms with Crippen molar-refractivity contribution in [2.24, 2.45) is 5.41 Å². The molecule has 0 aromatic heterocycles. The second-order valence-electron chi connectivity index (χ2n) is 7.77. The van der Waals surface area contributed by atoms with E-state index in [-0.39, 0.29) is 0 Å². The summed E-state index contributed by atoms with van der Waals surface area (Å²) in [4.78, 5) is 0. The predicted molar refractivity (Wildman–Crippen MR) is 107 cm³/mol. The Hall–Kier alpha value is -1.63. The van der Waals surface area contributed by atoms with Crippen LogP contribution in [0.3, 0.4) is 0 Å². The molecule has 1 aliphatic rings. The number of hydrogen-bond donors (Lipinski definition) is 1. The number of aryl methyl sites for hydroxylation is 2. The third kappa shape index (κ3) is 4.93. The van der Waals surface area contributed by atoms with Crippen molar-refractivity contribution in [2.75, 3.05) is 0 Å². The zero-order valence-corrected chi connectivity index (χ0v) is 15.9. The van der Waals surface area contributed by atoms with Gasteiger partial charge in [0.25, 0.3) is 0 Å². The van der Waals surface area contributed by atoms with E-state index in [1.807, 2.05) is 6.08 Å². The Morgan fingerprint density at radius 3 is 2.58 bits per heavy atom. The molecule has 0 spiro atoms. The average Bonchev–Trinajstić information content (AvgIpc) is 2.78. The van der Waals surface area contributed by atoms with Crippen LogP contribution in [0.4, 0.5) is 0 Å². The number of nitrogens with one attached hydrogen (secondary N) is 1. The monoisotopic (exact) mass is 323 g/mol. The maximum Gasteiger partial charge on any atom is 0.0611 e. The van der Waals surface area contributed by atoms with Gasteiger partial charge >= 0.3 is 0 Å². The minimum atomic E-state index is 0.417. The van der Waals surface area contributed by atoms with Gasteiger partial charge in [-0.25, -0.2) is 0 Å². The second kappa shape index (κ2) is 8.46. The highest BCUT2D eigenvalue weighted by atomic mass is 14.4. The van der Waals surface area contributed by atoms with E-state index in [2.05, 4.69) is 58.0 Å². The summed E-state index contributed by atoms with van der Waals surface area (Å²) in [7, 11) is 0. The molecule has 1 aromatic carbocycles. The van der Waals surface area contributed by atoms with E-state index < -0.39 is 0 Å². The first-order valence-electron chi connectivity index (χ1n) is 9.54. The molecule has 0 aliphatic heterocycles. The van der Waals surface area contributed by atoms with Gasteiger partial charge in [-0.15, -0.1) is 0 Å². The van der Waals surface area contributed by atoms with Crippen molar-refractivity contribution in [3.8, 4) is 0 Å². The Morgan fingerprint density at radius 1 is 1.08 bits per heavy atom. The van der Waals surface area contributed by atoms with Gasteiger partial charge in [-0.2, -0.15) is 0 Å². The summed E-state index contributed by atoms with van der Waals surface area (Å²) < 4.78 is 0. The maximum absolute atomic E-state index is 8.34. The fourth-order valence-electron chi connectivity index (χ4n) is 3.18. The van der Waals surface area contributed by atoms with Crippen LogP contribution in [0, 0.1) is 10.8 Å². The van der Waals surface area contributed by atoms with Crippen molar-refractivity contribution in [1.82, 2.24) is 0 Å². The van der Waals surface area contributed by atoms with Gasteiger partial charge in [-0.3, -0.25) is 0 Å². The van der Waals surface area contributed by atoms with Crippen molar-refractivity contribution >= 4 is 11.3 Å². The van der Waals surface area contributed by atoms with Crippen LogP contribution < -0.4 is 0 Å². The normalized spacial score (nSPS) is 15.3. The lowest BCUT2D eigenvalue weighted by atomic mass is 9.83. The van der Waals surface area contributed by atoms with E-state index in [9.17, 15) is 0 Å². The first-order chi connectivity index (χ1) is 11.5. The highest BCUT2D eigenvalue weighted by Crippen LogP contribution is 2.29. The van der Waals surface area contributed by atoms with E-state index in [0.29, 0.717) is 11.1 Å². The standard InChI is InChI=1S/C23H33N/c1-5-10-19-17-18(15-16-23(3,4)6-2)13-14-20(19)21-11-8-7-9-12-22(21)24/h9,11-14,17,24H,5-8,10,15-16H2,1-4H3.